The summed E-state index contributed by atoms with van der Waals surface area (Å²) in [7, 11) is 0. The molecule has 1 heterocycles. The van der Waals surface area contributed by atoms with E-state index in [1.54, 1.807) is 20.8 Å². The quantitative estimate of drug-likeness (QED) is 0.588. The average molecular weight is 375 g/mol. The number of non-ortho nitro benzene ring substituents is 1. The zero-order valence-electron chi connectivity index (χ0n) is 15.0. The molecule has 2 aromatic rings. The highest BCUT2D eigenvalue weighted by atomic mass is 19.1. The van der Waals surface area contributed by atoms with Crippen LogP contribution in [0.4, 0.5) is 20.7 Å². The Hall–Kier alpha value is -3.49. The molecule has 1 aromatic heterocycles. The number of aromatic nitrogens is 1. The van der Waals surface area contributed by atoms with Gasteiger partial charge in [-0.3, -0.25) is 15.4 Å². The smallest absolute Gasteiger partial charge is 0.413 e. The number of nitro benzene ring substituents is 1. The van der Waals surface area contributed by atoms with Gasteiger partial charge >= 0.3 is 6.09 Å². The lowest BCUT2D eigenvalue weighted by molar-refractivity contribution is -0.385. The van der Waals surface area contributed by atoms with Gasteiger partial charge in [-0.05, 0) is 32.9 Å². The molecule has 1 aromatic carbocycles. The molecule has 1 N–H and O–H groups in total. The summed E-state index contributed by atoms with van der Waals surface area (Å²) in [5.41, 5.74) is -0.805. The van der Waals surface area contributed by atoms with Crippen LogP contribution in [0, 0.1) is 15.9 Å². The predicted octanol–water partition coefficient (Wildman–Crippen LogP) is 4.91. The van der Waals surface area contributed by atoms with Crippen LogP contribution in [-0.2, 0) is 4.74 Å². The Bertz CT molecular complexity index is 893. The van der Waals surface area contributed by atoms with Crippen LogP contribution in [0.1, 0.15) is 26.3 Å². The normalized spacial score (nSPS) is 10.8. The molecule has 0 saturated carbocycles. The first-order valence-corrected chi connectivity index (χ1v) is 7.84. The SMILES string of the molecule is C=Cc1c(Oc2ccc([N+](=O)[O-])cc2F)ccnc1NC(=O)OC(C)(C)C. The minimum Gasteiger partial charge on any atom is -0.453 e. The Labute approximate surface area is 154 Å². The van der Waals surface area contributed by atoms with Crippen molar-refractivity contribution in [2.75, 3.05) is 5.32 Å². The van der Waals surface area contributed by atoms with Crippen LogP contribution in [0.5, 0.6) is 11.5 Å². The van der Waals surface area contributed by atoms with Gasteiger partial charge in [0.2, 0.25) is 0 Å². The molecule has 2 rings (SSSR count). The predicted molar refractivity (Wildman–Crippen MR) is 97.3 cm³/mol. The van der Waals surface area contributed by atoms with E-state index in [-0.39, 0.29) is 17.3 Å². The maximum Gasteiger partial charge on any atom is 0.413 e. The molecule has 9 heteroatoms. The van der Waals surface area contributed by atoms with Crippen LogP contribution in [0.2, 0.25) is 0 Å². The number of nitrogens with one attached hydrogen (secondary N) is 1. The lowest BCUT2D eigenvalue weighted by atomic mass is 10.2. The molecule has 1 amide bonds. The van der Waals surface area contributed by atoms with Gasteiger partial charge in [-0.15, -0.1) is 0 Å². The molecule has 142 valence electrons. The first kappa shape index (κ1) is 19.8. The number of hydrogen-bond donors (Lipinski definition) is 1. The van der Waals surface area contributed by atoms with E-state index in [9.17, 15) is 19.3 Å². The largest absolute Gasteiger partial charge is 0.453 e. The molecule has 0 saturated heterocycles. The summed E-state index contributed by atoms with van der Waals surface area (Å²) in [6, 6.07) is 4.46. The highest BCUT2D eigenvalue weighted by Gasteiger charge is 2.19. The number of halogens is 1. The minimum absolute atomic E-state index is 0.110. The molecule has 0 atom stereocenters. The third-order valence-corrected chi connectivity index (χ3v) is 3.12. The molecular formula is C18H18FN3O5. The third kappa shape index (κ3) is 5.24. The second-order valence-corrected chi connectivity index (χ2v) is 6.38. The monoisotopic (exact) mass is 375 g/mol. The highest BCUT2D eigenvalue weighted by molar-refractivity contribution is 5.87. The summed E-state index contributed by atoms with van der Waals surface area (Å²) in [4.78, 5) is 26.0. The van der Waals surface area contributed by atoms with E-state index in [0.717, 1.165) is 18.2 Å². The molecule has 0 radical (unpaired) electrons. The fourth-order valence-electron chi connectivity index (χ4n) is 2.05. The molecule has 8 nitrogen and oxygen atoms in total. The molecule has 0 aliphatic heterocycles. The second-order valence-electron chi connectivity index (χ2n) is 6.38. The van der Waals surface area contributed by atoms with Gasteiger partial charge in [0.25, 0.3) is 5.69 Å². The number of rotatable bonds is 5. The minimum atomic E-state index is -0.905. The Morgan fingerprint density at radius 3 is 2.59 bits per heavy atom. The van der Waals surface area contributed by atoms with Gasteiger partial charge < -0.3 is 9.47 Å². The first-order valence-electron chi connectivity index (χ1n) is 7.84. The van der Waals surface area contributed by atoms with Gasteiger partial charge in [0, 0.05) is 12.3 Å². The number of nitrogens with zero attached hydrogens (tertiary/aromatic N) is 2. The molecule has 0 fully saturated rings. The van der Waals surface area contributed by atoms with E-state index < -0.39 is 28.1 Å². The van der Waals surface area contributed by atoms with Crippen molar-refractivity contribution in [1.82, 2.24) is 4.98 Å². The van der Waals surface area contributed by atoms with Gasteiger partial charge in [0.15, 0.2) is 11.6 Å². The highest BCUT2D eigenvalue weighted by Crippen LogP contribution is 2.32. The Morgan fingerprint density at radius 1 is 1.33 bits per heavy atom. The van der Waals surface area contributed by atoms with Crippen molar-refractivity contribution < 1.29 is 23.6 Å². The van der Waals surface area contributed by atoms with Gasteiger partial charge in [0.1, 0.15) is 17.2 Å². The summed E-state index contributed by atoms with van der Waals surface area (Å²) in [6.45, 7) is 8.78. The van der Waals surface area contributed by atoms with E-state index in [0.29, 0.717) is 5.56 Å². The average Bonchev–Trinajstić information content (AvgIpc) is 2.55. The lowest BCUT2D eigenvalue weighted by Crippen LogP contribution is -2.27. The van der Waals surface area contributed by atoms with Crippen molar-refractivity contribution >= 4 is 23.7 Å². The van der Waals surface area contributed by atoms with Crippen molar-refractivity contribution in [3.8, 4) is 11.5 Å². The number of hydrogen-bond acceptors (Lipinski definition) is 6. The topological polar surface area (TPSA) is 104 Å². The Kier molecular flexibility index (Phi) is 5.74. The van der Waals surface area contributed by atoms with E-state index in [1.807, 2.05) is 0 Å². The lowest BCUT2D eigenvalue weighted by Gasteiger charge is -2.20. The summed E-state index contributed by atoms with van der Waals surface area (Å²) in [6.07, 6.45) is 1.99. The van der Waals surface area contributed by atoms with Crippen molar-refractivity contribution in [3.63, 3.8) is 0 Å². The zero-order valence-corrected chi connectivity index (χ0v) is 15.0. The van der Waals surface area contributed by atoms with Crippen LogP contribution >= 0.6 is 0 Å². The summed E-state index contributed by atoms with van der Waals surface area (Å²) in [5, 5.41) is 13.2. The molecule has 27 heavy (non-hydrogen) atoms. The van der Waals surface area contributed by atoms with Crippen molar-refractivity contribution in [3.05, 3.63) is 58.5 Å². The van der Waals surface area contributed by atoms with Gasteiger partial charge in [-0.2, -0.15) is 0 Å². The molecule has 0 aliphatic rings. The number of ether oxygens (including phenoxy) is 2. The van der Waals surface area contributed by atoms with E-state index >= 15 is 0 Å². The van der Waals surface area contributed by atoms with Crippen LogP contribution in [0.3, 0.4) is 0 Å². The maximum atomic E-state index is 14.1. The third-order valence-electron chi connectivity index (χ3n) is 3.12. The van der Waals surface area contributed by atoms with Crippen LogP contribution < -0.4 is 10.1 Å². The van der Waals surface area contributed by atoms with Crippen molar-refractivity contribution in [2.24, 2.45) is 0 Å². The Balaban J connectivity index is 2.29. The van der Waals surface area contributed by atoms with E-state index in [1.165, 1.54) is 18.3 Å². The summed E-state index contributed by atoms with van der Waals surface area (Å²) < 4.78 is 24.7. The molecule has 0 spiro atoms. The number of anilines is 1. The Morgan fingerprint density at radius 2 is 2.04 bits per heavy atom. The molecule has 0 aliphatic carbocycles. The number of carbonyl (C=O) groups excluding carboxylic acids is 1. The van der Waals surface area contributed by atoms with Gasteiger partial charge in [-0.25, -0.2) is 14.2 Å². The number of pyridine rings is 1. The van der Waals surface area contributed by atoms with E-state index in [4.69, 9.17) is 9.47 Å². The molecule has 0 bridgehead atoms. The number of carbonyl (C=O) groups is 1. The van der Waals surface area contributed by atoms with E-state index in [2.05, 4.69) is 16.9 Å². The zero-order chi connectivity index (χ0) is 20.2. The number of benzene rings is 1. The molecule has 0 unspecified atom stereocenters. The fourth-order valence-corrected chi connectivity index (χ4v) is 2.05. The first-order chi connectivity index (χ1) is 12.6. The van der Waals surface area contributed by atoms with Crippen molar-refractivity contribution in [2.45, 2.75) is 26.4 Å². The van der Waals surface area contributed by atoms with Gasteiger partial charge in [0.05, 0.1) is 16.6 Å². The summed E-state index contributed by atoms with van der Waals surface area (Å²) >= 11 is 0. The number of amides is 1. The molecular weight excluding hydrogens is 357 g/mol. The maximum absolute atomic E-state index is 14.1. The van der Waals surface area contributed by atoms with Crippen LogP contribution in [0.15, 0.2) is 37.0 Å². The summed E-state index contributed by atoms with van der Waals surface area (Å²) in [5.74, 6) is -0.867. The van der Waals surface area contributed by atoms with Crippen LogP contribution in [0.25, 0.3) is 6.08 Å². The number of nitro groups is 1. The van der Waals surface area contributed by atoms with Crippen LogP contribution in [-0.4, -0.2) is 21.6 Å². The second kappa shape index (κ2) is 7.81. The van der Waals surface area contributed by atoms with Gasteiger partial charge in [-0.1, -0.05) is 12.7 Å². The standard InChI is InChI=1S/C18H18FN3O5/c1-5-12-14(26-15-7-6-11(22(24)25)10-13(15)19)8-9-20-16(12)21-17(23)27-18(2,3)4/h5-10H,1H2,2-4H3,(H,20,21,23). The van der Waals surface area contributed by atoms with Crippen molar-refractivity contribution in [1.29, 1.82) is 0 Å². The fraction of sp³-hybridized carbons (Fsp3) is 0.222.